The smallest absolute Gasteiger partial charge is 0.311 e. The average molecular weight is 368 g/mol. The van der Waals surface area contributed by atoms with Gasteiger partial charge in [0.15, 0.2) is 0 Å². The molecule has 1 aliphatic carbocycles. The SMILES string of the molecule is CCN(CC)S(=O)(=O)c1cc(C(=O)NCC2(C(=O)O)CC2)ccc1C. The fourth-order valence-electron chi connectivity index (χ4n) is 2.69. The Balaban J connectivity index is 2.23. The van der Waals surface area contributed by atoms with E-state index < -0.39 is 27.3 Å². The monoisotopic (exact) mass is 368 g/mol. The summed E-state index contributed by atoms with van der Waals surface area (Å²) in [6.45, 7) is 5.93. The number of aryl methyl sites for hydroxylation is 1. The average Bonchev–Trinajstić information content (AvgIpc) is 3.35. The Morgan fingerprint density at radius 3 is 2.32 bits per heavy atom. The molecule has 0 aliphatic heterocycles. The lowest BCUT2D eigenvalue weighted by Crippen LogP contribution is -2.34. The molecule has 1 saturated carbocycles. The number of hydrogen-bond donors (Lipinski definition) is 2. The number of amides is 1. The van der Waals surface area contributed by atoms with Gasteiger partial charge in [-0.15, -0.1) is 0 Å². The van der Waals surface area contributed by atoms with E-state index in [0.29, 0.717) is 31.5 Å². The molecule has 0 bridgehead atoms. The van der Waals surface area contributed by atoms with Crippen LogP contribution in [0.1, 0.15) is 42.6 Å². The van der Waals surface area contributed by atoms with Gasteiger partial charge in [0.1, 0.15) is 0 Å². The van der Waals surface area contributed by atoms with Gasteiger partial charge < -0.3 is 10.4 Å². The number of benzene rings is 1. The highest BCUT2D eigenvalue weighted by molar-refractivity contribution is 7.89. The van der Waals surface area contributed by atoms with Crippen LogP contribution in [-0.4, -0.2) is 49.3 Å². The predicted molar refractivity (Wildman–Crippen MR) is 92.9 cm³/mol. The van der Waals surface area contributed by atoms with Gasteiger partial charge in [-0.2, -0.15) is 4.31 Å². The fraction of sp³-hybridized carbons (Fsp3) is 0.529. The van der Waals surface area contributed by atoms with Gasteiger partial charge in [-0.1, -0.05) is 19.9 Å². The standard InChI is InChI=1S/C17H24N2O5S/c1-4-19(5-2)25(23,24)14-10-13(7-6-12(14)3)15(20)18-11-17(8-9-17)16(21)22/h6-7,10H,4-5,8-9,11H2,1-3H3,(H,18,20)(H,21,22). The van der Waals surface area contributed by atoms with Crippen molar-refractivity contribution in [2.45, 2.75) is 38.5 Å². The van der Waals surface area contributed by atoms with Gasteiger partial charge in [-0.05, 0) is 37.5 Å². The van der Waals surface area contributed by atoms with E-state index in [1.165, 1.54) is 10.4 Å². The van der Waals surface area contributed by atoms with E-state index >= 15 is 0 Å². The lowest BCUT2D eigenvalue weighted by atomic mass is 10.1. The van der Waals surface area contributed by atoms with Crippen LogP contribution in [-0.2, 0) is 14.8 Å². The highest BCUT2D eigenvalue weighted by Gasteiger charge is 2.50. The van der Waals surface area contributed by atoms with Crippen molar-refractivity contribution in [2.75, 3.05) is 19.6 Å². The summed E-state index contributed by atoms with van der Waals surface area (Å²) in [6, 6.07) is 4.50. The van der Waals surface area contributed by atoms with Crippen molar-refractivity contribution >= 4 is 21.9 Å². The third-order valence-electron chi connectivity index (χ3n) is 4.67. The van der Waals surface area contributed by atoms with E-state index in [0.717, 1.165) is 0 Å². The van der Waals surface area contributed by atoms with Gasteiger partial charge in [0.25, 0.3) is 5.91 Å². The van der Waals surface area contributed by atoms with Crippen LogP contribution in [0, 0.1) is 12.3 Å². The minimum absolute atomic E-state index is 0.0488. The second-order valence-electron chi connectivity index (χ2n) is 6.34. The molecule has 0 saturated heterocycles. The molecule has 0 radical (unpaired) electrons. The number of carbonyl (C=O) groups excluding carboxylic acids is 1. The van der Waals surface area contributed by atoms with Crippen molar-refractivity contribution in [2.24, 2.45) is 5.41 Å². The zero-order chi connectivity index (χ0) is 18.8. The summed E-state index contributed by atoms with van der Waals surface area (Å²) in [5, 5.41) is 11.8. The van der Waals surface area contributed by atoms with Crippen LogP contribution in [0.4, 0.5) is 0 Å². The van der Waals surface area contributed by atoms with Crippen LogP contribution < -0.4 is 5.32 Å². The number of carboxylic acid groups (broad SMARTS) is 1. The quantitative estimate of drug-likeness (QED) is 0.726. The molecule has 0 heterocycles. The van der Waals surface area contributed by atoms with E-state index in [9.17, 15) is 18.0 Å². The minimum atomic E-state index is -3.67. The minimum Gasteiger partial charge on any atom is -0.481 e. The summed E-state index contributed by atoms with van der Waals surface area (Å²) in [4.78, 5) is 23.6. The number of nitrogens with one attached hydrogen (secondary N) is 1. The van der Waals surface area contributed by atoms with Crippen molar-refractivity contribution in [3.05, 3.63) is 29.3 Å². The van der Waals surface area contributed by atoms with E-state index in [1.54, 1.807) is 32.9 Å². The number of rotatable bonds is 8. The summed E-state index contributed by atoms with van der Waals surface area (Å²) < 4.78 is 26.8. The Morgan fingerprint density at radius 1 is 1.24 bits per heavy atom. The molecule has 0 unspecified atom stereocenters. The Morgan fingerprint density at radius 2 is 1.84 bits per heavy atom. The molecule has 1 fully saturated rings. The highest BCUT2D eigenvalue weighted by atomic mass is 32.2. The molecule has 25 heavy (non-hydrogen) atoms. The first-order chi connectivity index (χ1) is 11.7. The van der Waals surface area contributed by atoms with Gasteiger partial charge in [0, 0.05) is 25.2 Å². The van der Waals surface area contributed by atoms with Gasteiger partial charge in [0.05, 0.1) is 10.3 Å². The van der Waals surface area contributed by atoms with Crippen LogP contribution in [0.3, 0.4) is 0 Å². The highest BCUT2D eigenvalue weighted by Crippen LogP contribution is 2.45. The predicted octanol–water partition coefficient (Wildman–Crippen LogP) is 1.62. The molecule has 2 N–H and O–H groups in total. The molecule has 0 spiro atoms. The molecular weight excluding hydrogens is 344 g/mol. The Bertz CT molecular complexity index is 780. The Labute approximate surface area is 148 Å². The first kappa shape index (κ1) is 19.4. The van der Waals surface area contributed by atoms with Gasteiger partial charge in [-0.25, -0.2) is 8.42 Å². The lowest BCUT2D eigenvalue weighted by Gasteiger charge is -2.20. The van der Waals surface area contributed by atoms with Crippen molar-refractivity contribution < 1.29 is 23.1 Å². The molecular formula is C17H24N2O5S. The van der Waals surface area contributed by atoms with Crippen molar-refractivity contribution in [3.8, 4) is 0 Å². The largest absolute Gasteiger partial charge is 0.481 e. The van der Waals surface area contributed by atoms with Crippen LogP contribution in [0.2, 0.25) is 0 Å². The summed E-state index contributed by atoms with van der Waals surface area (Å²) in [7, 11) is -3.67. The molecule has 8 heteroatoms. The first-order valence-corrected chi connectivity index (χ1v) is 9.74. The second kappa shape index (κ2) is 7.13. The summed E-state index contributed by atoms with van der Waals surface area (Å²) in [6.07, 6.45) is 1.08. The number of nitrogens with zero attached hydrogens (tertiary/aromatic N) is 1. The molecule has 0 atom stereocenters. The molecule has 1 aliphatic rings. The van der Waals surface area contributed by atoms with Gasteiger partial charge in [0.2, 0.25) is 10.0 Å². The molecule has 2 rings (SSSR count). The lowest BCUT2D eigenvalue weighted by molar-refractivity contribution is -0.143. The van der Waals surface area contributed by atoms with Gasteiger partial charge in [-0.3, -0.25) is 9.59 Å². The maximum Gasteiger partial charge on any atom is 0.311 e. The summed E-state index contributed by atoms with van der Waals surface area (Å²) in [5.74, 6) is -1.38. The number of carboxylic acids is 1. The van der Waals surface area contributed by atoms with Crippen LogP contribution in [0.5, 0.6) is 0 Å². The molecule has 138 valence electrons. The zero-order valence-electron chi connectivity index (χ0n) is 14.7. The number of carbonyl (C=O) groups is 2. The van der Waals surface area contributed by atoms with E-state index in [-0.39, 0.29) is 17.0 Å². The van der Waals surface area contributed by atoms with Gasteiger partial charge >= 0.3 is 5.97 Å². The maximum atomic E-state index is 12.7. The molecule has 7 nitrogen and oxygen atoms in total. The zero-order valence-corrected chi connectivity index (χ0v) is 15.5. The summed E-state index contributed by atoms with van der Waals surface area (Å²) in [5.41, 5.74) is -0.0959. The normalized spacial score (nSPS) is 15.8. The van der Waals surface area contributed by atoms with E-state index in [2.05, 4.69) is 5.32 Å². The number of hydrogen-bond acceptors (Lipinski definition) is 4. The van der Waals surface area contributed by atoms with E-state index in [4.69, 9.17) is 5.11 Å². The van der Waals surface area contributed by atoms with Crippen molar-refractivity contribution in [3.63, 3.8) is 0 Å². The van der Waals surface area contributed by atoms with Crippen LogP contribution >= 0.6 is 0 Å². The number of aliphatic carboxylic acids is 1. The van der Waals surface area contributed by atoms with E-state index in [1.807, 2.05) is 0 Å². The summed E-state index contributed by atoms with van der Waals surface area (Å²) >= 11 is 0. The van der Waals surface area contributed by atoms with Crippen LogP contribution in [0.25, 0.3) is 0 Å². The Kier molecular flexibility index (Phi) is 5.53. The molecule has 0 aromatic heterocycles. The molecule has 1 aromatic rings. The maximum absolute atomic E-state index is 12.7. The van der Waals surface area contributed by atoms with Crippen molar-refractivity contribution in [1.29, 1.82) is 0 Å². The van der Waals surface area contributed by atoms with Crippen LogP contribution in [0.15, 0.2) is 23.1 Å². The molecule has 1 amide bonds. The molecule has 1 aromatic carbocycles. The second-order valence-corrected chi connectivity index (χ2v) is 8.24. The number of sulfonamides is 1. The van der Waals surface area contributed by atoms with Crippen molar-refractivity contribution in [1.82, 2.24) is 9.62 Å². The third kappa shape index (κ3) is 3.85. The Hall–Kier alpha value is -1.93. The fourth-order valence-corrected chi connectivity index (χ4v) is 4.40. The first-order valence-electron chi connectivity index (χ1n) is 8.30. The third-order valence-corrected chi connectivity index (χ3v) is 6.86. The topological polar surface area (TPSA) is 104 Å².